The van der Waals surface area contributed by atoms with Gasteiger partial charge in [-0.05, 0) is 93.5 Å². The van der Waals surface area contributed by atoms with Crippen molar-refractivity contribution in [1.29, 1.82) is 0 Å². The van der Waals surface area contributed by atoms with Crippen molar-refractivity contribution in [2.75, 3.05) is 31.1 Å². The minimum Gasteiger partial charge on any atom is -0.490 e. The van der Waals surface area contributed by atoms with E-state index in [0.717, 1.165) is 18.8 Å². The summed E-state index contributed by atoms with van der Waals surface area (Å²) in [5, 5.41) is 14.8. The van der Waals surface area contributed by atoms with E-state index in [9.17, 15) is 14.4 Å². The lowest BCUT2D eigenvalue weighted by Crippen LogP contribution is -2.34. The monoisotopic (exact) mass is 493 g/mol. The van der Waals surface area contributed by atoms with Crippen molar-refractivity contribution in [3.63, 3.8) is 0 Å². The van der Waals surface area contributed by atoms with Crippen LogP contribution < -0.4 is 20.3 Å². The van der Waals surface area contributed by atoms with E-state index in [1.807, 2.05) is 24.3 Å². The van der Waals surface area contributed by atoms with Crippen molar-refractivity contribution >= 4 is 23.5 Å². The molecule has 2 fully saturated rings. The predicted molar refractivity (Wildman–Crippen MR) is 138 cm³/mol. The van der Waals surface area contributed by atoms with Crippen LogP contribution in [0, 0.1) is 5.92 Å². The smallest absolute Gasteiger partial charge is 0.306 e. The average molecular weight is 494 g/mol. The van der Waals surface area contributed by atoms with E-state index < -0.39 is 5.97 Å². The molecule has 4 rings (SSSR count). The van der Waals surface area contributed by atoms with E-state index in [0.29, 0.717) is 55.6 Å². The molecule has 1 saturated heterocycles. The maximum Gasteiger partial charge on any atom is 0.306 e. The maximum absolute atomic E-state index is 12.4. The van der Waals surface area contributed by atoms with Crippen LogP contribution in [0.25, 0.3) is 0 Å². The van der Waals surface area contributed by atoms with Crippen LogP contribution in [-0.2, 0) is 4.79 Å². The zero-order valence-electron chi connectivity index (χ0n) is 20.6. The van der Waals surface area contributed by atoms with Gasteiger partial charge in [-0.1, -0.05) is 0 Å². The largest absolute Gasteiger partial charge is 0.490 e. The molecule has 0 bridgehead atoms. The molecule has 0 aromatic heterocycles. The first-order valence-corrected chi connectivity index (χ1v) is 12.9. The lowest BCUT2D eigenvalue weighted by Gasteiger charge is -2.28. The molecule has 8 nitrogen and oxygen atoms in total. The van der Waals surface area contributed by atoms with E-state index in [1.165, 1.54) is 19.3 Å². The third kappa shape index (κ3) is 6.99. The molecule has 2 aromatic carbocycles. The quantitative estimate of drug-likeness (QED) is 0.458. The molecule has 2 aromatic rings. The SMILES string of the molecule is O=C(NCCNC(=O)c1ccc(N2CCCCC2)cc1)c1ccc(OC2CCC(C(=O)O)CC2)cc1. The van der Waals surface area contributed by atoms with Crippen molar-refractivity contribution in [3.05, 3.63) is 59.7 Å². The zero-order valence-corrected chi connectivity index (χ0v) is 20.6. The number of piperidine rings is 1. The van der Waals surface area contributed by atoms with E-state index in [2.05, 4.69) is 15.5 Å². The molecule has 0 unspecified atom stereocenters. The van der Waals surface area contributed by atoms with Gasteiger partial charge in [-0.3, -0.25) is 14.4 Å². The standard InChI is InChI=1S/C28H35N3O5/c32-26(20-4-10-23(11-5-20)31-18-2-1-3-19-31)29-16-17-30-27(33)21-6-12-24(13-7-21)36-25-14-8-22(9-15-25)28(34)35/h4-7,10-13,22,25H,1-3,8-9,14-19H2,(H,29,32)(H,30,33)(H,34,35). The summed E-state index contributed by atoms with van der Waals surface area (Å²) in [7, 11) is 0. The normalized spacial score (nSPS) is 19.8. The highest BCUT2D eigenvalue weighted by atomic mass is 16.5. The molecule has 0 spiro atoms. The Morgan fingerprint density at radius 3 is 1.83 bits per heavy atom. The Bertz CT molecular complexity index is 1020. The second-order valence-electron chi connectivity index (χ2n) is 9.56. The number of ether oxygens (including phenoxy) is 1. The number of aliphatic carboxylic acids is 1. The van der Waals surface area contributed by atoms with E-state index >= 15 is 0 Å². The molecule has 36 heavy (non-hydrogen) atoms. The van der Waals surface area contributed by atoms with Gasteiger partial charge in [-0.2, -0.15) is 0 Å². The molecule has 0 atom stereocenters. The van der Waals surface area contributed by atoms with E-state index in [4.69, 9.17) is 9.84 Å². The lowest BCUT2D eigenvalue weighted by atomic mass is 9.87. The first kappa shape index (κ1) is 25.5. The van der Waals surface area contributed by atoms with Gasteiger partial charge in [-0.25, -0.2) is 0 Å². The minimum atomic E-state index is -0.731. The highest BCUT2D eigenvalue weighted by Gasteiger charge is 2.26. The van der Waals surface area contributed by atoms with Gasteiger partial charge < -0.3 is 25.4 Å². The van der Waals surface area contributed by atoms with Crippen LogP contribution in [0.5, 0.6) is 5.75 Å². The fraction of sp³-hybridized carbons (Fsp3) is 0.464. The Morgan fingerprint density at radius 2 is 1.31 bits per heavy atom. The first-order valence-electron chi connectivity index (χ1n) is 12.9. The number of nitrogens with one attached hydrogen (secondary N) is 2. The van der Waals surface area contributed by atoms with Crippen molar-refractivity contribution < 1.29 is 24.2 Å². The van der Waals surface area contributed by atoms with Crippen LogP contribution in [0.2, 0.25) is 0 Å². The van der Waals surface area contributed by atoms with Gasteiger partial charge in [0.05, 0.1) is 12.0 Å². The maximum atomic E-state index is 12.4. The third-order valence-electron chi connectivity index (χ3n) is 6.99. The molecule has 8 heteroatoms. The molecule has 3 N–H and O–H groups in total. The number of hydrogen-bond donors (Lipinski definition) is 3. The molecule has 192 valence electrons. The summed E-state index contributed by atoms with van der Waals surface area (Å²) in [4.78, 5) is 38.3. The summed E-state index contributed by atoms with van der Waals surface area (Å²) in [6, 6.07) is 14.6. The Balaban J connectivity index is 1.15. The molecule has 2 aliphatic rings. The summed E-state index contributed by atoms with van der Waals surface area (Å²) in [5.74, 6) is -0.711. The van der Waals surface area contributed by atoms with E-state index in [-0.39, 0.29) is 23.8 Å². The van der Waals surface area contributed by atoms with Crippen molar-refractivity contribution in [2.45, 2.75) is 51.0 Å². The number of carboxylic acids is 1. The number of carboxylic acid groups (broad SMARTS) is 1. The molecular formula is C28H35N3O5. The van der Waals surface area contributed by atoms with Gasteiger partial charge in [0.15, 0.2) is 0 Å². The van der Waals surface area contributed by atoms with Gasteiger partial charge in [0.2, 0.25) is 0 Å². The fourth-order valence-corrected chi connectivity index (χ4v) is 4.84. The van der Waals surface area contributed by atoms with Crippen LogP contribution in [0.1, 0.15) is 65.7 Å². The first-order chi connectivity index (χ1) is 17.5. The molecule has 1 saturated carbocycles. The number of carbonyl (C=O) groups is 3. The third-order valence-corrected chi connectivity index (χ3v) is 6.99. The number of amides is 2. The van der Waals surface area contributed by atoms with Gasteiger partial charge in [0.1, 0.15) is 5.75 Å². The average Bonchev–Trinajstić information content (AvgIpc) is 2.92. The van der Waals surface area contributed by atoms with Gasteiger partial charge in [0, 0.05) is 43.0 Å². The van der Waals surface area contributed by atoms with Crippen LogP contribution in [0.3, 0.4) is 0 Å². The van der Waals surface area contributed by atoms with Crippen molar-refractivity contribution in [3.8, 4) is 5.75 Å². The summed E-state index contributed by atoms with van der Waals surface area (Å²) in [6.07, 6.45) is 6.39. The Labute approximate surface area is 212 Å². The molecule has 2 amide bonds. The van der Waals surface area contributed by atoms with Crippen LogP contribution >= 0.6 is 0 Å². The van der Waals surface area contributed by atoms with Crippen LogP contribution in [0.15, 0.2) is 48.5 Å². The number of benzene rings is 2. The highest BCUT2D eigenvalue weighted by molar-refractivity contribution is 5.95. The topological polar surface area (TPSA) is 108 Å². The Hall–Kier alpha value is -3.55. The summed E-state index contributed by atoms with van der Waals surface area (Å²) in [5.41, 5.74) is 2.27. The molecule has 1 aliphatic carbocycles. The molecular weight excluding hydrogens is 458 g/mol. The lowest BCUT2D eigenvalue weighted by molar-refractivity contribution is -0.143. The van der Waals surface area contributed by atoms with Crippen LogP contribution in [-0.4, -0.2) is 55.2 Å². The minimum absolute atomic E-state index is 0.00450. The molecule has 0 radical (unpaired) electrons. The zero-order chi connectivity index (χ0) is 25.3. The second-order valence-corrected chi connectivity index (χ2v) is 9.56. The molecule has 1 aliphatic heterocycles. The number of hydrogen-bond acceptors (Lipinski definition) is 5. The second kappa shape index (κ2) is 12.4. The van der Waals surface area contributed by atoms with Gasteiger partial charge in [-0.15, -0.1) is 0 Å². The summed E-state index contributed by atoms with van der Waals surface area (Å²) < 4.78 is 5.95. The number of nitrogens with zero attached hydrogens (tertiary/aromatic N) is 1. The Kier molecular flexibility index (Phi) is 8.81. The van der Waals surface area contributed by atoms with Gasteiger partial charge >= 0.3 is 5.97 Å². The van der Waals surface area contributed by atoms with Gasteiger partial charge in [0.25, 0.3) is 11.8 Å². The fourth-order valence-electron chi connectivity index (χ4n) is 4.84. The van der Waals surface area contributed by atoms with Crippen LogP contribution in [0.4, 0.5) is 5.69 Å². The molecule has 1 heterocycles. The predicted octanol–water partition coefficient (Wildman–Crippen LogP) is 3.86. The Morgan fingerprint density at radius 1 is 0.778 bits per heavy atom. The summed E-state index contributed by atoms with van der Waals surface area (Å²) in [6.45, 7) is 2.78. The number of carbonyl (C=O) groups excluding carboxylic acids is 2. The van der Waals surface area contributed by atoms with Crippen molar-refractivity contribution in [1.82, 2.24) is 10.6 Å². The highest BCUT2D eigenvalue weighted by Crippen LogP contribution is 2.28. The van der Waals surface area contributed by atoms with Crippen molar-refractivity contribution in [2.24, 2.45) is 5.92 Å². The number of anilines is 1. The summed E-state index contributed by atoms with van der Waals surface area (Å²) >= 11 is 0. The van der Waals surface area contributed by atoms with E-state index in [1.54, 1.807) is 24.3 Å². The number of rotatable bonds is 9.